The molecule has 126 valence electrons. The molecule has 2 fully saturated rings. The molecule has 2 aliphatic rings. The number of carbonyl (C=O) groups excluding carboxylic acids is 1. The molecule has 7 nitrogen and oxygen atoms in total. The third-order valence-electron chi connectivity index (χ3n) is 4.18. The lowest BCUT2D eigenvalue weighted by molar-refractivity contribution is -0.140. The minimum Gasteiger partial charge on any atom is -0.481 e. The summed E-state index contributed by atoms with van der Waals surface area (Å²) in [6.07, 6.45) is 1.56. The standard InChI is InChI=1S/C14H24N2O5S/c1-9(2)8-22(20,21)16-5-3-10(4-6-16)15-13(17)11-7-12(11)14(18)19/h9-12H,3-8H2,1-2H3,(H,15,17)(H,18,19)/t11-,12+/m1/s1. The quantitative estimate of drug-likeness (QED) is 0.727. The Kier molecular flexibility index (Phi) is 5.11. The molecule has 2 atom stereocenters. The molecule has 1 aliphatic carbocycles. The first-order valence-corrected chi connectivity index (χ1v) is 9.32. The van der Waals surface area contributed by atoms with E-state index >= 15 is 0 Å². The van der Waals surface area contributed by atoms with Crippen molar-refractivity contribution in [3.63, 3.8) is 0 Å². The number of amides is 1. The smallest absolute Gasteiger partial charge is 0.307 e. The predicted octanol–water partition coefficient (Wildman–Crippen LogP) is 0.274. The predicted molar refractivity (Wildman–Crippen MR) is 80.6 cm³/mol. The molecule has 0 spiro atoms. The van der Waals surface area contributed by atoms with Gasteiger partial charge >= 0.3 is 5.97 Å². The van der Waals surface area contributed by atoms with Gasteiger partial charge in [-0.05, 0) is 25.2 Å². The summed E-state index contributed by atoms with van der Waals surface area (Å²) in [5.74, 6) is -1.87. The maximum atomic E-state index is 12.1. The van der Waals surface area contributed by atoms with E-state index in [2.05, 4.69) is 5.32 Å². The van der Waals surface area contributed by atoms with E-state index in [0.29, 0.717) is 32.4 Å². The van der Waals surface area contributed by atoms with Crippen molar-refractivity contribution in [1.82, 2.24) is 9.62 Å². The average Bonchev–Trinajstić information content (AvgIpc) is 3.18. The molecular formula is C14H24N2O5S. The number of carbonyl (C=O) groups is 2. The second kappa shape index (κ2) is 6.54. The zero-order valence-corrected chi connectivity index (χ0v) is 13.8. The number of nitrogens with one attached hydrogen (secondary N) is 1. The lowest BCUT2D eigenvalue weighted by Gasteiger charge is -2.32. The van der Waals surface area contributed by atoms with Gasteiger partial charge in [0.25, 0.3) is 0 Å². The van der Waals surface area contributed by atoms with E-state index in [9.17, 15) is 18.0 Å². The third-order valence-corrected chi connectivity index (χ3v) is 6.42. The highest BCUT2D eigenvalue weighted by Gasteiger charge is 2.48. The zero-order valence-electron chi connectivity index (χ0n) is 13.0. The Morgan fingerprint density at radius 1 is 1.23 bits per heavy atom. The van der Waals surface area contributed by atoms with Crippen LogP contribution in [0.1, 0.15) is 33.1 Å². The number of piperidine rings is 1. The van der Waals surface area contributed by atoms with Gasteiger partial charge in [0, 0.05) is 19.1 Å². The van der Waals surface area contributed by atoms with Gasteiger partial charge in [0.2, 0.25) is 15.9 Å². The molecule has 1 saturated carbocycles. The number of sulfonamides is 1. The van der Waals surface area contributed by atoms with Crippen LogP contribution in [0.5, 0.6) is 0 Å². The first kappa shape index (κ1) is 17.2. The highest BCUT2D eigenvalue weighted by atomic mass is 32.2. The van der Waals surface area contributed by atoms with E-state index in [1.54, 1.807) is 0 Å². The largest absolute Gasteiger partial charge is 0.481 e. The summed E-state index contributed by atoms with van der Waals surface area (Å²) in [7, 11) is -3.22. The van der Waals surface area contributed by atoms with E-state index < -0.39 is 27.8 Å². The van der Waals surface area contributed by atoms with Gasteiger partial charge < -0.3 is 10.4 Å². The topological polar surface area (TPSA) is 104 Å². The first-order valence-electron chi connectivity index (χ1n) is 7.71. The zero-order chi connectivity index (χ0) is 16.5. The summed E-state index contributed by atoms with van der Waals surface area (Å²) in [4.78, 5) is 22.7. The summed E-state index contributed by atoms with van der Waals surface area (Å²) < 4.78 is 25.8. The van der Waals surface area contributed by atoms with Crippen LogP contribution >= 0.6 is 0 Å². The lowest BCUT2D eigenvalue weighted by atomic mass is 10.1. The van der Waals surface area contributed by atoms with Crippen molar-refractivity contribution in [3.05, 3.63) is 0 Å². The van der Waals surface area contributed by atoms with E-state index in [4.69, 9.17) is 5.11 Å². The Labute approximate surface area is 131 Å². The Hall–Kier alpha value is -1.15. The fourth-order valence-corrected chi connectivity index (χ4v) is 4.69. The summed E-state index contributed by atoms with van der Waals surface area (Å²) in [6, 6.07) is -0.0620. The van der Waals surface area contributed by atoms with Crippen molar-refractivity contribution in [3.8, 4) is 0 Å². The molecule has 0 bridgehead atoms. The van der Waals surface area contributed by atoms with Crippen LogP contribution < -0.4 is 5.32 Å². The number of rotatable bonds is 6. The van der Waals surface area contributed by atoms with Gasteiger partial charge in [0.05, 0.1) is 17.6 Å². The Morgan fingerprint density at radius 3 is 2.27 bits per heavy atom. The Bertz CT molecular complexity index is 537. The molecule has 2 N–H and O–H groups in total. The summed E-state index contributed by atoms with van der Waals surface area (Å²) >= 11 is 0. The summed E-state index contributed by atoms with van der Waals surface area (Å²) in [5.41, 5.74) is 0. The molecule has 0 radical (unpaired) electrons. The number of carboxylic acids is 1. The van der Waals surface area contributed by atoms with E-state index in [1.807, 2.05) is 13.8 Å². The van der Waals surface area contributed by atoms with E-state index in [1.165, 1.54) is 4.31 Å². The monoisotopic (exact) mass is 332 g/mol. The van der Waals surface area contributed by atoms with Crippen molar-refractivity contribution in [2.24, 2.45) is 17.8 Å². The second-order valence-corrected chi connectivity index (χ2v) is 8.65. The van der Waals surface area contributed by atoms with E-state index in [-0.39, 0.29) is 23.6 Å². The summed E-state index contributed by atoms with van der Waals surface area (Å²) in [6.45, 7) is 4.57. The molecular weight excluding hydrogens is 308 g/mol. The minimum atomic E-state index is -3.22. The van der Waals surface area contributed by atoms with Crippen LogP contribution in [0.3, 0.4) is 0 Å². The summed E-state index contributed by atoms with van der Waals surface area (Å²) in [5, 5.41) is 11.7. The van der Waals surface area contributed by atoms with Crippen molar-refractivity contribution in [2.75, 3.05) is 18.8 Å². The third kappa shape index (κ3) is 4.19. The molecule has 1 aliphatic heterocycles. The maximum Gasteiger partial charge on any atom is 0.307 e. The lowest BCUT2D eigenvalue weighted by Crippen LogP contribution is -2.47. The van der Waals surface area contributed by atoms with Crippen LogP contribution in [-0.4, -0.2) is 54.6 Å². The Balaban J connectivity index is 1.78. The molecule has 1 amide bonds. The number of hydrogen-bond acceptors (Lipinski definition) is 4. The molecule has 0 aromatic rings. The fraction of sp³-hybridized carbons (Fsp3) is 0.857. The highest BCUT2D eigenvalue weighted by molar-refractivity contribution is 7.89. The normalized spacial score (nSPS) is 26.9. The van der Waals surface area contributed by atoms with Gasteiger partial charge in [0.1, 0.15) is 0 Å². The molecule has 8 heteroatoms. The van der Waals surface area contributed by atoms with Crippen LogP contribution in [0.2, 0.25) is 0 Å². The van der Waals surface area contributed by atoms with Crippen LogP contribution in [0.25, 0.3) is 0 Å². The minimum absolute atomic E-state index is 0.0620. The van der Waals surface area contributed by atoms with Gasteiger partial charge in [-0.3, -0.25) is 9.59 Å². The fourth-order valence-electron chi connectivity index (χ4n) is 2.87. The van der Waals surface area contributed by atoms with Crippen molar-refractivity contribution < 1.29 is 23.1 Å². The van der Waals surface area contributed by atoms with Gasteiger partial charge in [-0.1, -0.05) is 13.8 Å². The molecule has 2 rings (SSSR count). The molecule has 1 saturated heterocycles. The Morgan fingerprint density at radius 2 is 1.82 bits per heavy atom. The van der Waals surface area contributed by atoms with Crippen LogP contribution in [0.4, 0.5) is 0 Å². The SMILES string of the molecule is CC(C)CS(=O)(=O)N1CCC(NC(=O)[C@@H]2C[C@@H]2C(=O)O)CC1. The number of carboxylic acid groups (broad SMARTS) is 1. The molecule has 0 unspecified atom stereocenters. The van der Waals surface area contributed by atoms with Crippen molar-refractivity contribution in [1.29, 1.82) is 0 Å². The van der Waals surface area contributed by atoms with Gasteiger partial charge in [-0.15, -0.1) is 0 Å². The van der Waals surface area contributed by atoms with Crippen molar-refractivity contribution >= 4 is 21.9 Å². The van der Waals surface area contributed by atoms with Gasteiger partial charge in [0.15, 0.2) is 0 Å². The molecule has 0 aromatic heterocycles. The van der Waals surface area contributed by atoms with Crippen LogP contribution in [-0.2, 0) is 19.6 Å². The van der Waals surface area contributed by atoms with Crippen LogP contribution in [0.15, 0.2) is 0 Å². The number of nitrogens with zero attached hydrogens (tertiary/aromatic N) is 1. The molecule has 22 heavy (non-hydrogen) atoms. The maximum absolute atomic E-state index is 12.1. The average molecular weight is 332 g/mol. The molecule has 1 heterocycles. The van der Waals surface area contributed by atoms with Gasteiger partial charge in [-0.25, -0.2) is 12.7 Å². The number of hydrogen-bond donors (Lipinski definition) is 2. The first-order chi connectivity index (χ1) is 10.2. The second-order valence-electron chi connectivity index (χ2n) is 6.64. The molecule has 0 aromatic carbocycles. The number of aliphatic carboxylic acids is 1. The van der Waals surface area contributed by atoms with Crippen LogP contribution in [0, 0.1) is 17.8 Å². The highest BCUT2D eigenvalue weighted by Crippen LogP contribution is 2.38. The van der Waals surface area contributed by atoms with E-state index in [0.717, 1.165) is 0 Å². The van der Waals surface area contributed by atoms with Gasteiger partial charge in [-0.2, -0.15) is 0 Å². The van der Waals surface area contributed by atoms with Crippen molar-refractivity contribution in [2.45, 2.75) is 39.2 Å².